The van der Waals surface area contributed by atoms with E-state index in [9.17, 15) is 5.11 Å². The van der Waals surface area contributed by atoms with E-state index in [-0.39, 0.29) is 0 Å². The molecule has 0 aliphatic carbocycles. The van der Waals surface area contributed by atoms with Gasteiger partial charge in [0.2, 0.25) is 0 Å². The molecule has 108 valence electrons. The van der Waals surface area contributed by atoms with E-state index < -0.39 is 11.7 Å². The predicted octanol–water partition coefficient (Wildman–Crippen LogP) is 2.73. The summed E-state index contributed by atoms with van der Waals surface area (Å²) in [5.74, 6) is 0. The lowest BCUT2D eigenvalue weighted by Gasteiger charge is -2.38. The van der Waals surface area contributed by atoms with Crippen molar-refractivity contribution in [1.29, 1.82) is 0 Å². The Hall–Kier alpha value is -0.580. The van der Waals surface area contributed by atoms with E-state index in [1.165, 1.54) is 0 Å². The van der Waals surface area contributed by atoms with Gasteiger partial charge in [-0.05, 0) is 40.0 Å². The number of rotatable bonds is 4. The molecule has 1 fully saturated rings. The van der Waals surface area contributed by atoms with Crippen LogP contribution in [0.3, 0.4) is 0 Å². The van der Waals surface area contributed by atoms with E-state index in [1.807, 2.05) is 25.5 Å². The number of ether oxygens (including phenoxy) is 1. The van der Waals surface area contributed by atoms with E-state index in [0.717, 1.165) is 43.8 Å². The van der Waals surface area contributed by atoms with Gasteiger partial charge in [-0.15, -0.1) is 0 Å². The molecule has 1 aromatic heterocycles. The van der Waals surface area contributed by atoms with Crippen LogP contribution in [0.4, 0.5) is 0 Å². The van der Waals surface area contributed by atoms with Gasteiger partial charge in [0, 0.05) is 19.6 Å². The number of halogens is 1. The lowest BCUT2D eigenvalue weighted by molar-refractivity contribution is -0.135. The summed E-state index contributed by atoms with van der Waals surface area (Å²) in [5.41, 5.74) is 1.27. The fraction of sp³-hybridized carbons (Fsp3) is 0.786. The fourth-order valence-corrected chi connectivity index (χ4v) is 2.89. The summed E-state index contributed by atoms with van der Waals surface area (Å²) >= 11 is 6.29. The van der Waals surface area contributed by atoms with E-state index in [2.05, 4.69) is 5.10 Å². The van der Waals surface area contributed by atoms with Gasteiger partial charge in [0.25, 0.3) is 0 Å². The van der Waals surface area contributed by atoms with Crippen LogP contribution in [0.5, 0.6) is 0 Å². The SMILES string of the molecule is CCn1nc(C)c(Cl)c1CC(O)C1(C)CCCCO1. The van der Waals surface area contributed by atoms with Crippen LogP contribution in [0.1, 0.15) is 44.5 Å². The average molecular weight is 287 g/mol. The van der Waals surface area contributed by atoms with Gasteiger partial charge >= 0.3 is 0 Å². The molecule has 2 heterocycles. The number of nitrogens with zero attached hydrogens (tertiary/aromatic N) is 2. The monoisotopic (exact) mass is 286 g/mol. The molecule has 1 saturated heterocycles. The normalized spacial score (nSPS) is 25.5. The first kappa shape index (κ1) is 14.8. The van der Waals surface area contributed by atoms with Gasteiger partial charge < -0.3 is 9.84 Å². The number of hydrogen-bond acceptors (Lipinski definition) is 3. The summed E-state index contributed by atoms with van der Waals surface area (Å²) in [6, 6.07) is 0. The maximum absolute atomic E-state index is 10.5. The second kappa shape index (κ2) is 5.81. The van der Waals surface area contributed by atoms with Crippen molar-refractivity contribution >= 4 is 11.6 Å². The Morgan fingerprint density at radius 2 is 2.26 bits per heavy atom. The Balaban J connectivity index is 2.16. The van der Waals surface area contributed by atoms with Crippen molar-refractivity contribution in [3.8, 4) is 0 Å². The summed E-state index contributed by atoms with van der Waals surface area (Å²) in [7, 11) is 0. The van der Waals surface area contributed by atoms with Crippen molar-refractivity contribution in [3.63, 3.8) is 0 Å². The van der Waals surface area contributed by atoms with Crippen LogP contribution in [0.15, 0.2) is 0 Å². The Morgan fingerprint density at radius 1 is 1.53 bits per heavy atom. The van der Waals surface area contributed by atoms with Gasteiger partial charge in [0.05, 0.1) is 28.1 Å². The first-order valence-electron chi connectivity index (χ1n) is 7.01. The highest BCUT2D eigenvalue weighted by Gasteiger charge is 2.36. The molecule has 1 N–H and O–H groups in total. The highest BCUT2D eigenvalue weighted by molar-refractivity contribution is 6.31. The van der Waals surface area contributed by atoms with E-state index in [4.69, 9.17) is 16.3 Å². The van der Waals surface area contributed by atoms with Gasteiger partial charge in [-0.3, -0.25) is 4.68 Å². The minimum Gasteiger partial charge on any atom is -0.390 e. The third-order valence-corrected chi connectivity index (χ3v) is 4.54. The molecule has 19 heavy (non-hydrogen) atoms. The van der Waals surface area contributed by atoms with Gasteiger partial charge in [-0.25, -0.2) is 0 Å². The number of aliphatic hydroxyl groups is 1. The third kappa shape index (κ3) is 2.96. The summed E-state index contributed by atoms with van der Waals surface area (Å²) in [4.78, 5) is 0. The molecule has 0 amide bonds. The third-order valence-electron chi connectivity index (χ3n) is 4.04. The Morgan fingerprint density at radius 3 is 2.84 bits per heavy atom. The van der Waals surface area contributed by atoms with Crippen LogP contribution >= 0.6 is 11.6 Å². The van der Waals surface area contributed by atoms with Crippen LogP contribution in [0.2, 0.25) is 5.02 Å². The molecule has 0 radical (unpaired) electrons. The smallest absolute Gasteiger partial charge is 0.0916 e. The van der Waals surface area contributed by atoms with Crippen LogP contribution in [-0.4, -0.2) is 33.2 Å². The summed E-state index contributed by atoms with van der Waals surface area (Å²) in [6.45, 7) is 7.39. The molecular formula is C14H23ClN2O2. The van der Waals surface area contributed by atoms with Crippen molar-refractivity contribution < 1.29 is 9.84 Å². The second-order valence-corrected chi connectivity index (χ2v) is 5.88. The topological polar surface area (TPSA) is 47.3 Å². The second-order valence-electron chi connectivity index (χ2n) is 5.50. The van der Waals surface area contributed by atoms with E-state index >= 15 is 0 Å². The summed E-state index contributed by atoms with van der Waals surface area (Å²) in [6.07, 6.45) is 3.02. The molecule has 0 bridgehead atoms. The zero-order valence-corrected chi connectivity index (χ0v) is 12.7. The lowest BCUT2D eigenvalue weighted by Crippen LogP contribution is -2.45. The largest absolute Gasteiger partial charge is 0.390 e. The minimum absolute atomic E-state index is 0.460. The number of hydrogen-bond donors (Lipinski definition) is 1. The van der Waals surface area contributed by atoms with Crippen molar-refractivity contribution in [1.82, 2.24) is 9.78 Å². The molecule has 0 spiro atoms. The van der Waals surface area contributed by atoms with Crippen molar-refractivity contribution in [3.05, 3.63) is 16.4 Å². The van der Waals surface area contributed by atoms with Crippen LogP contribution in [-0.2, 0) is 17.7 Å². The molecule has 1 aliphatic rings. The Labute approximate surface area is 119 Å². The van der Waals surface area contributed by atoms with Gasteiger partial charge in [-0.2, -0.15) is 5.10 Å². The van der Waals surface area contributed by atoms with E-state index in [1.54, 1.807) is 0 Å². The molecular weight excluding hydrogens is 264 g/mol. The first-order chi connectivity index (χ1) is 8.98. The molecule has 2 atom stereocenters. The molecule has 2 unspecified atom stereocenters. The maximum Gasteiger partial charge on any atom is 0.0916 e. The zero-order chi connectivity index (χ0) is 14.0. The molecule has 0 saturated carbocycles. The highest BCUT2D eigenvalue weighted by Crippen LogP contribution is 2.31. The molecule has 1 aliphatic heterocycles. The molecule has 2 rings (SSSR count). The van der Waals surface area contributed by atoms with Gasteiger partial charge in [0.1, 0.15) is 0 Å². The quantitative estimate of drug-likeness (QED) is 0.926. The fourth-order valence-electron chi connectivity index (χ4n) is 2.68. The standard InChI is InChI=1S/C14H23ClN2O2/c1-4-17-11(13(15)10(2)16-17)9-12(18)14(3)7-5-6-8-19-14/h12,18H,4-9H2,1-3H3. The zero-order valence-electron chi connectivity index (χ0n) is 11.9. The lowest BCUT2D eigenvalue weighted by atomic mass is 9.87. The first-order valence-corrected chi connectivity index (χ1v) is 7.39. The van der Waals surface area contributed by atoms with Crippen molar-refractivity contribution in [2.45, 2.75) is 64.7 Å². The highest BCUT2D eigenvalue weighted by atomic mass is 35.5. The van der Waals surface area contributed by atoms with Crippen LogP contribution in [0.25, 0.3) is 0 Å². The minimum atomic E-state index is -0.549. The summed E-state index contributed by atoms with van der Waals surface area (Å²) in [5, 5.41) is 15.6. The van der Waals surface area contributed by atoms with Crippen molar-refractivity contribution in [2.24, 2.45) is 0 Å². The Bertz CT molecular complexity index is 439. The van der Waals surface area contributed by atoms with Gasteiger partial charge in [-0.1, -0.05) is 11.6 Å². The van der Waals surface area contributed by atoms with Crippen molar-refractivity contribution in [2.75, 3.05) is 6.61 Å². The predicted molar refractivity (Wildman–Crippen MR) is 75.6 cm³/mol. The van der Waals surface area contributed by atoms with Gasteiger partial charge in [0.15, 0.2) is 0 Å². The molecule has 5 heteroatoms. The number of aromatic nitrogens is 2. The average Bonchev–Trinajstić information content (AvgIpc) is 2.67. The maximum atomic E-state index is 10.5. The summed E-state index contributed by atoms with van der Waals surface area (Å²) < 4.78 is 7.66. The molecule has 4 nitrogen and oxygen atoms in total. The van der Waals surface area contributed by atoms with Crippen LogP contribution < -0.4 is 0 Å². The Kier molecular flexibility index (Phi) is 4.54. The van der Waals surface area contributed by atoms with Crippen LogP contribution in [0, 0.1) is 6.92 Å². The molecule has 0 aromatic carbocycles. The number of aryl methyl sites for hydroxylation is 2. The molecule has 1 aromatic rings. The number of aliphatic hydroxyl groups excluding tert-OH is 1. The van der Waals surface area contributed by atoms with E-state index in [0.29, 0.717) is 11.4 Å².